The van der Waals surface area contributed by atoms with Gasteiger partial charge in [0.25, 0.3) is 0 Å². The highest BCUT2D eigenvalue weighted by Gasteiger charge is 2.12. The number of carbonyl (C=O) groups excluding carboxylic acids is 1. The largest absolute Gasteiger partial charge is 0.478 e. The minimum Gasteiger partial charge on any atom is -0.478 e. The van der Waals surface area contributed by atoms with E-state index in [1.807, 2.05) is 0 Å². The van der Waals surface area contributed by atoms with Crippen LogP contribution in [0.25, 0.3) is 0 Å². The van der Waals surface area contributed by atoms with Crippen molar-refractivity contribution in [2.24, 2.45) is 0 Å². The Morgan fingerprint density at radius 3 is 2.62 bits per heavy atom. The fraction of sp³-hybridized carbons (Fsp3) is 0. The van der Waals surface area contributed by atoms with Crippen LogP contribution in [0.15, 0.2) is 16.6 Å². The molecule has 5 heteroatoms. The smallest absolute Gasteiger partial charge is 0.337 e. The lowest BCUT2D eigenvalue weighted by atomic mass is 10.1. The van der Waals surface area contributed by atoms with Gasteiger partial charge in [-0.3, -0.25) is 4.79 Å². The molecule has 0 unspecified atom stereocenters. The minimum absolute atomic E-state index is 0.0851. The second-order valence-electron chi connectivity index (χ2n) is 2.29. The van der Waals surface area contributed by atoms with Gasteiger partial charge in [-0.25, -0.2) is 4.79 Å². The van der Waals surface area contributed by atoms with Gasteiger partial charge in [-0.2, -0.15) is 0 Å². The fourth-order valence-electron chi connectivity index (χ4n) is 0.834. The molecule has 0 spiro atoms. The first kappa shape index (κ1) is 10.2. The van der Waals surface area contributed by atoms with Crippen LogP contribution in [0.3, 0.4) is 0 Å². The van der Waals surface area contributed by atoms with Gasteiger partial charge in [0.1, 0.15) is 6.29 Å². The lowest BCUT2D eigenvalue weighted by Crippen LogP contribution is -1.99. The molecule has 0 atom stereocenters. The Labute approximate surface area is 87.4 Å². The summed E-state index contributed by atoms with van der Waals surface area (Å²) < 4.78 is 0.399. The standard InChI is InChI=1S/C8H4BrClO3/c9-6-2-4(3-11)1-5(7(6)10)8(12)13/h1-3H,(H,12,13). The summed E-state index contributed by atoms with van der Waals surface area (Å²) in [5, 5.41) is 8.78. The van der Waals surface area contributed by atoms with Crippen LogP contribution < -0.4 is 0 Å². The Bertz CT molecular complexity index is 376. The third-order valence-electron chi connectivity index (χ3n) is 1.42. The summed E-state index contributed by atoms with van der Waals surface area (Å²) in [5.74, 6) is -1.16. The molecule has 1 N–H and O–H groups in total. The van der Waals surface area contributed by atoms with Crippen LogP contribution >= 0.6 is 27.5 Å². The van der Waals surface area contributed by atoms with Gasteiger partial charge in [0.15, 0.2) is 0 Å². The highest BCUT2D eigenvalue weighted by Crippen LogP contribution is 2.27. The normalized spacial score (nSPS) is 9.69. The van der Waals surface area contributed by atoms with Gasteiger partial charge in [0.2, 0.25) is 0 Å². The van der Waals surface area contributed by atoms with E-state index in [4.69, 9.17) is 16.7 Å². The number of carboxylic acid groups (broad SMARTS) is 1. The van der Waals surface area contributed by atoms with Crippen LogP contribution in [0.5, 0.6) is 0 Å². The molecule has 0 aromatic heterocycles. The molecule has 0 saturated heterocycles. The first-order valence-electron chi connectivity index (χ1n) is 3.23. The number of carboxylic acids is 1. The predicted octanol–water partition coefficient (Wildman–Crippen LogP) is 2.61. The summed E-state index contributed by atoms with van der Waals surface area (Å²) in [6, 6.07) is 2.68. The van der Waals surface area contributed by atoms with Crippen LogP contribution in [0.4, 0.5) is 0 Å². The van der Waals surface area contributed by atoms with Crippen molar-refractivity contribution in [3.05, 3.63) is 32.8 Å². The molecule has 0 radical (unpaired) electrons. The van der Waals surface area contributed by atoms with Crippen molar-refractivity contribution >= 4 is 39.8 Å². The van der Waals surface area contributed by atoms with Crippen molar-refractivity contribution in [1.29, 1.82) is 0 Å². The van der Waals surface area contributed by atoms with Crippen molar-refractivity contribution < 1.29 is 14.7 Å². The zero-order chi connectivity index (χ0) is 10.0. The van der Waals surface area contributed by atoms with Gasteiger partial charge in [0, 0.05) is 10.0 Å². The molecule has 0 aliphatic carbocycles. The zero-order valence-corrected chi connectivity index (χ0v) is 8.59. The van der Waals surface area contributed by atoms with Gasteiger partial charge in [-0.15, -0.1) is 0 Å². The van der Waals surface area contributed by atoms with Crippen molar-refractivity contribution in [3.63, 3.8) is 0 Å². The maximum absolute atomic E-state index is 10.6. The first-order chi connectivity index (χ1) is 6.06. The van der Waals surface area contributed by atoms with Gasteiger partial charge in [-0.05, 0) is 28.1 Å². The molecular weight excluding hydrogens is 259 g/mol. The predicted molar refractivity (Wildman–Crippen MR) is 51.5 cm³/mol. The molecule has 0 fully saturated rings. The number of hydrogen-bond acceptors (Lipinski definition) is 2. The number of aldehydes is 1. The molecule has 0 aliphatic rings. The molecular formula is C8H4BrClO3. The Morgan fingerprint density at radius 2 is 2.15 bits per heavy atom. The molecule has 0 amide bonds. The zero-order valence-electron chi connectivity index (χ0n) is 6.25. The summed E-state index contributed by atoms with van der Waals surface area (Å²) >= 11 is 8.73. The molecule has 1 aromatic carbocycles. The van der Waals surface area contributed by atoms with Crippen molar-refractivity contribution in [3.8, 4) is 0 Å². The average Bonchev–Trinajstić information content (AvgIpc) is 2.09. The highest BCUT2D eigenvalue weighted by molar-refractivity contribution is 9.10. The fourth-order valence-corrected chi connectivity index (χ4v) is 1.50. The van der Waals surface area contributed by atoms with Crippen LogP contribution in [0.2, 0.25) is 5.02 Å². The highest BCUT2D eigenvalue weighted by atomic mass is 79.9. The number of carbonyl (C=O) groups is 2. The van der Waals surface area contributed by atoms with Crippen LogP contribution in [0.1, 0.15) is 20.7 Å². The maximum atomic E-state index is 10.6. The molecule has 1 aromatic rings. The summed E-state index contributed by atoms with van der Waals surface area (Å²) in [7, 11) is 0. The van der Waals surface area contributed by atoms with E-state index >= 15 is 0 Å². The molecule has 68 valence electrons. The molecule has 3 nitrogen and oxygen atoms in total. The van der Waals surface area contributed by atoms with E-state index in [1.165, 1.54) is 12.1 Å². The molecule has 0 bridgehead atoms. The molecule has 1 rings (SSSR count). The van der Waals surface area contributed by atoms with E-state index in [0.29, 0.717) is 10.8 Å². The number of aromatic carboxylic acids is 1. The van der Waals surface area contributed by atoms with Gasteiger partial charge < -0.3 is 5.11 Å². The number of hydrogen-bond donors (Lipinski definition) is 1. The molecule has 13 heavy (non-hydrogen) atoms. The van der Waals surface area contributed by atoms with Crippen molar-refractivity contribution in [2.75, 3.05) is 0 Å². The van der Waals surface area contributed by atoms with E-state index in [9.17, 15) is 9.59 Å². The number of rotatable bonds is 2. The third kappa shape index (κ3) is 2.08. The SMILES string of the molecule is O=Cc1cc(Br)c(Cl)c(C(=O)O)c1. The Kier molecular flexibility index (Phi) is 3.06. The van der Waals surface area contributed by atoms with Gasteiger partial charge in [0.05, 0.1) is 10.6 Å². The van der Waals surface area contributed by atoms with Crippen molar-refractivity contribution in [1.82, 2.24) is 0 Å². The monoisotopic (exact) mass is 262 g/mol. The number of halogens is 2. The minimum atomic E-state index is -1.16. The summed E-state index contributed by atoms with van der Waals surface area (Å²) in [4.78, 5) is 21.0. The Hall–Kier alpha value is -0.870. The van der Waals surface area contributed by atoms with E-state index in [0.717, 1.165) is 0 Å². The van der Waals surface area contributed by atoms with E-state index < -0.39 is 5.97 Å². The molecule has 0 saturated carbocycles. The Balaban J connectivity index is 3.41. The summed E-state index contributed by atoms with van der Waals surface area (Å²) in [5.41, 5.74) is 0.187. The lowest BCUT2D eigenvalue weighted by molar-refractivity contribution is 0.0697. The third-order valence-corrected chi connectivity index (χ3v) is 2.68. The van der Waals surface area contributed by atoms with E-state index in [2.05, 4.69) is 15.9 Å². The average molecular weight is 263 g/mol. The maximum Gasteiger partial charge on any atom is 0.337 e. The molecule has 0 aliphatic heterocycles. The van der Waals surface area contributed by atoms with Crippen LogP contribution in [-0.4, -0.2) is 17.4 Å². The van der Waals surface area contributed by atoms with Crippen molar-refractivity contribution in [2.45, 2.75) is 0 Å². The van der Waals surface area contributed by atoms with Gasteiger partial charge >= 0.3 is 5.97 Å². The Morgan fingerprint density at radius 1 is 1.54 bits per heavy atom. The summed E-state index contributed by atoms with van der Waals surface area (Å²) in [6.07, 6.45) is 0.563. The van der Waals surface area contributed by atoms with Crippen LogP contribution in [0, 0.1) is 0 Å². The molecule has 0 heterocycles. The van der Waals surface area contributed by atoms with Gasteiger partial charge in [-0.1, -0.05) is 11.6 Å². The second-order valence-corrected chi connectivity index (χ2v) is 3.52. The topological polar surface area (TPSA) is 54.4 Å². The van der Waals surface area contributed by atoms with E-state index in [1.54, 1.807) is 0 Å². The summed E-state index contributed by atoms with van der Waals surface area (Å²) in [6.45, 7) is 0. The lowest BCUT2D eigenvalue weighted by Gasteiger charge is -2.01. The van der Waals surface area contributed by atoms with Crippen LogP contribution in [-0.2, 0) is 0 Å². The second kappa shape index (κ2) is 3.89. The van der Waals surface area contributed by atoms with E-state index in [-0.39, 0.29) is 16.1 Å². The first-order valence-corrected chi connectivity index (χ1v) is 4.41. The number of benzene rings is 1. The quantitative estimate of drug-likeness (QED) is 0.835.